The molecule has 0 aromatic heterocycles. The van der Waals surface area contributed by atoms with Crippen LogP contribution in [0, 0.1) is 0 Å². The third-order valence-corrected chi connectivity index (χ3v) is 8.53. The van der Waals surface area contributed by atoms with Crippen LogP contribution in [0.4, 0.5) is 22.7 Å². The van der Waals surface area contributed by atoms with Crippen LogP contribution in [0.1, 0.15) is 61.8 Å². The van der Waals surface area contributed by atoms with Crippen LogP contribution in [-0.4, -0.2) is 62.6 Å². The van der Waals surface area contributed by atoms with Crippen LogP contribution in [-0.2, 0) is 41.5 Å². The highest BCUT2D eigenvalue weighted by atomic mass is 16.5. The number of nitrogens with zero attached hydrogens (tertiary/aromatic N) is 2. The number of carbonyl (C=O) groups excluding carboxylic acids is 4. The van der Waals surface area contributed by atoms with E-state index in [0.717, 1.165) is 71.6 Å². The Morgan fingerprint density at radius 1 is 0.552 bits per heavy atom. The molecule has 2 amide bonds. The highest BCUT2D eigenvalue weighted by molar-refractivity contribution is 6.43. The van der Waals surface area contributed by atoms with Gasteiger partial charge in [-0.1, -0.05) is 27.0 Å². The van der Waals surface area contributed by atoms with Crippen LogP contribution >= 0.6 is 0 Å². The van der Waals surface area contributed by atoms with Gasteiger partial charge in [0.15, 0.2) is 0 Å². The number of aryl methyl sites for hydroxylation is 2. The van der Waals surface area contributed by atoms with Gasteiger partial charge in [-0.3, -0.25) is 19.6 Å². The average molecular weight is 787 g/mol. The van der Waals surface area contributed by atoms with E-state index in [2.05, 4.69) is 47.6 Å². The van der Waals surface area contributed by atoms with Crippen LogP contribution in [0.3, 0.4) is 0 Å². The fourth-order valence-electron chi connectivity index (χ4n) is 5.36. The summed E-state index contributed by atoms with van der Waals surface area (Å²) in [5, 5.41) is 5.23. The normalized spacial score (nSPS) is 10.9. The van der Waals surface area contributed by atoms with Crippen molar-refractivity contribution in [1.29, 1.82) is 0 Å². The lowest BCUT2D eigenvalue weighted by molar-refractivity contribution is -0.138. The second-order valence-corrected chi connectivity index (χ2v) is 12.8. The number of nitrogens with one attached hydrogen (secondary N) is 2. The second-order valence-electron chi connectivity index (χ2n) is 12.8. The van der Waals surface area contributed by atoms with Gasteiger partial charge in [-0.2, -0.15) is 0 Å². The molecular weight excluding hydrogens is 737 g/mol. The van der Waals surface area contributed by atoms with Gasteiger partial charge in [0.25, 0.3) is 0 Å². The molecule has 0 aliphatic carbocycles. The van der Waals surface area contributed by atoms with Crippen molar-refractivity contribution in [2.75, 3.05) is 37.1 Å². The minimum Gasteiger partial charge on any atom is -0.493 e. The number of rotatable bonds is 22. The molecule has 4 rings (SSSR count). The first-order valence-corrected chi connectivity index (χ1v) is 19.2. The topological polar surface area (TPSA) is 154 Å². The second kappa shape index (κ2) is 24.0. The van der Waals surface area contributed by atoms with Crippen LogP contribution in [0.15, 0.2) is 120 Å². The molecule has 2 N–H and O–H groups in total. The van der Waals surface area contributed by atoms with E-state index in [1.807, 2.05) is 36.4 Å². The molecule has 0 aliphatic rings. The van der Waals surface area contributed by atoms with Gasteiger partial charge in [0.05, 0.1) is 37.8 Å². The zero-order chi connectivity index (χ0) is 41.5. The van der Waals surface area contributed by atoms with Crippen LogP contribution in [0.5, 0.6) is 11.5 Å². The molecule has 0 spiro atoms. The largest absolute Gasteiger partial charge is 0.493 e. The first-order chi connectivity index (χ1) is 28.2. The highest BCUT2D eigenvalue weighted by Crippen LogP contribution is 2.24. The molecule has 0 fully saturated rings. The van der Waals surface area contributed by atoms with Gasteiger partial charge in [-0.15, -0.1) is 0 Å². The van der Waals surface area contributed by atoms with Crippen molar-refractivity contribution in [2.24, 2.45) is 9.98 Å². The van der Waals surface area contributed by atoms with Crippen LogP contribution in [0.25, 0.3) is 0 Å². The van der Waals surface area contributed by atoms with E-state index in [0.29, 0.717) is 62.0 Å². The number of carbonyl (C=O) groups is 4. The number of anilines is 2. The molecule has 0 atom stereocenters. The van der Waals surface area contributed by atoms with Crippen molar-refractivity contribution in [3.8, 4) is 11.5 Å². The van der Waals surface area contributed by atoms with E-state index in [9.17, 15) is 19.2 Å². The fraction of sp³-hybridized carbons (Fsp3) is 0.261. The molecule has 0 heterocycles. The fourth-order valence-corrected chi connectivity index (χ4v) is 5.36. The average Bonchev–Trinajstić information content (AvgIpc) is 3.25. The number of ether oxygens (including phenoxy) is 4. The van der Waals surface area contributed by atoms with Crippen molar-refractivity contribution in [3.05, 3.63) is 132 Å². The Bertz CT molecular complexity index is 1930. The Labute approximate surface area is 339 Å². The first-order valence-electron chi connectivity index (χ1n) is 19.2. The summed E-state index contributed by atoms with van der Waals surface area (Å²) in [5.74, 6) is -0.852. The molecule has 0 unspecified atom stereocenters. The Morgan fingerprint density at radius 3 is 1.29 bits per heavy atom. The molecule has 0 saturated heterocycles. The van der Waals surface area contributed by atoms with Gasteiger partial charge in [-0.05, 0) is 146 Å². The standard InChI is InChI=1S/C46H50N4O8/c1-5-35-29-33(13-23-41(35)55-25-9-11-27-57-43(51)7-3)31-47-37-15-19-39(20-16-37)49-45(53)46(54)50-40-21-17-38(18-22-40)48-32-34-14-24-42(36(6-2)30-34)56-26-10-12-28-58-44(52)8-4/h7-8,13-24,29-32H,3-6,9-12,25-28H2,1-2H3,(H,49,53)(H,50,54)/b47-31+,48-32+. The maximum absolute atomic E-state index is 12.6. The quantitative estimate of drug-likeness (QED) is 0.0264. The Morgan fingerprint density at radius 2 is 0.931 bits per heavy atom. The summed E-state index contributed by atoms with van der Waals surface area (Å²) >= 11 is 0. The summed E-state index contributed by atoms with van der Waals surface area (Å²) in [6.07, 6.45) is 10.3. The molecule has 0 saturated carbocycles. The Kier molecular flexibility index (Phi) is 18.1. The van der Waals surface area contributed by atoms with Crippen molar-refractivity contribution < 1.29 is 38.1 Å². The SMILES string of the molecule is C=CC(=O)OCCCCOc1ccc(/C=N/c2ccc(NC(=O)C(=O)Nc3ccc(/N=C/c4ccc(OCCCCOC(=O)C=C)c(CC)c4)cc3)cc2)cc1CC. The summed E-state index contributed by atoms with van der Waals surface area (Å²) in [6.45, 7) is 12.6. The minimum absolute atomic E-state index is 0.333. The Balaban J connectivity index is 1.20. The van der Waals surface area contributed by atoms with Gasteiger partial charge in [-0.25, -0.2) is 9.59 Å². The van der Waals surface area contributed by atoms with Gasteiger partial charge in [0.1, 0.15) is 11.5 Å². The molecular formula is C46H50N4O8. The lowest BCUT2D eigenvalue weighted by Crippen LogP contribution is -2.28. The summed E-state index contributed by atoms with van der Waals surface area (Å²) < 4.78 is 21.9. The van der Waals surface area contributed by atoms with Crippen LogP contribution < -0.4 is 20.1 Å². The molecule has 4 aromatic carbocycles. The van der Waals surface area contributed by atoms with Crippen molar-refractivity contribution in [3.63, 3.8) is 0 Å². The van der Waals surface area contributed by atoms with Crippen molar-refractivity contribution >= 4 is 58.9 Å². The monoisotopic (exact) mass is 786 g/mol. The maximum atomic E-state index is 12.6. The summed E-state index contributed by atoms with van der Waals surface area (Å²) in [6, 6.07) is 25.4. The number of esters is 2. The maximum Gasteiger partial charge on any atom is 0.330 e. The molecule has 12 nitrogen and oxygen atoms in total. The van der Waals surface area contributed by atoms with Crippen molar-refractivity contribution in [2.45, 2.75) is 52.4 Å². The number of benzene rings is 4. The summed E-state index contributed by atoms with van der Waals surface area (Å²) in [4.78, 5) is 56.7. The van der Waals surface area contributed by atoms with Gasteiger partial charge in [0, 0.05) is 36.0 Å². The summed E-state index contributed by atoms with van der Waals surface area (Å²) in [7, 11) is 0. The van der Waals surface area contributed by atoms with Crippen LogP contribution in [0.2, 0.25) is 0 Å². The number of aliphatic imine (C=N–C) groups is 2. The zero-order valence-electron chi connectivity index (χ0n) is 33.0. The van der Waals surface area contributed by atoms with E-state index in [1.54, 1.807) is 61.0 Å². The van der Waals surface area contributed by atoms with Gasteiger partial charge < -0.3 is 29.6 Å². The Hall–Kier alpha value is -6.82. The molecule has 0 aliphatic heterocycles. The number of hydrogen-bond acceptors (Lipinski definition) is 10. The van der Waals surface area contributed by atoms with Crippen molar-refractivity contribution in [1.82, 2.24) is 0 Å². The molecule has 302 valence electrons. The molecule has 12 heteroatoms. The lowest BCUT2D eigenvalue weighted by atomic mass is 10.1. The molecule has 58 heavy (non-hydrogen) atoms. The predicted molar refractivity (Wildman–Crippen MR) is 228 cm³/mol. The van der Waals surface area contributed by atoms with E-state index < -0.39 is 23.8 Å². The summed E-state index contributed by atoms with van der Waals surface area (Å²) in [5.41, 5.74) is 6.17. The van der Waals surface area contributed by atoms with E-state index >= 15 is 0 Å². The lowest BCUT2D eigenvalue weighted by Gasteiger charge is -2.11. The number of amides is 2. The van der Waals surface area contributed by atoms with Gasteiger partial charge >= 0.3 is 23.8 Å². The predicted octanol–water partition coefficient (Wildman–Crippen LogP) is 8.67. The van der Waals surface area contributed by atoms with Gasteiger partial charge in [0.2, 0.25) is 0 Å². The molecule has 4 aromatic rings. The number of hydrogen-bond donors (Lipinski definition) is 2. The molecule has 0 bridgehead atoms. The molecule has 0 radical (unpaired) electrons. The third kappa shape index (κ3) is 15.0. The van der Waals surface area contributed by atoms with E-state index in [1.165, 1.54) is 0 Å². The highest BCUT2D eigenvalue weighted by Gasteiger charge is 2.14. The zero-order valence-corrected chi connectivity index (χ0v) is 33.0. The third-order valence-electron chi connectivity index (χ3n) is 8.53. The smallest absolute Gasteiger partial charge is 0.330 e. The number of unbranched alkanes of at least 4 members (excludes halogenated alkanes) is 2. The van der Waals surface area contributed by atoms with E-state index in [-0.39, 0.29) is 0 Å². The van der Waals surface area contributed by atoms with E-state index in [4.69, 9.17) is 18.9 Å². The first kappa shape index (κ1) is 43.9. The minimum atomic E-state index is -0.808.